The third kappa shape index (κ3) is 8.33. The molecule has 102 valence electrons. The zero-order valence-electron chi connectivity index (χ0n) is 11.2. The number of halogens is 1. The minimum atomic E-state index is 0. The maximum atomic E-state index is 5.74. The normalized spacial score (nSPS) is 11.2. The molecule has 0 aliphatic carbocycles. The molecule has 3 nitrogen and oxygen atoms in total. The lowest BCUT2D eigenvalue weighted by Gasteiger charge is -2.06. The van der Waals surface area contributed by atoms with E-state index in [1.54, 1.807) is 0 Å². The molecule has 0 radical (unpaired) electrons. The van der Waals surface area contributed by atoms with Crippen LogP contribution in [0.3, 0.4) is 0 Å². The van der Waals surface area contributed by atoms with Crippen LogP contribution in [0, 0.1) is 5.92 Å². The molecule has 3 N–H and O–H groups in total. The standard InChI is InChI=1S/C14H23N3.HI/c1-12(2)11-17-14(15)16-10-6-9-13-7-4-3-5-8-13;/h3-5,7-8,12H,6,9-11H2,1-2H3,(H3,15,16,17);1H. The first-order valence-electron chi connectivity index (χ1n) is 6.26. The van der Waals surface area contributed by atoms with Crippen LogP contribution < -0.4 is 11.1 Å². The molecule has 1 rings (SSSR count). The SMILES string of the molecule is CC(C)CN=C(N)NCCCc1ccccc1.I. The van der Waals surface area contributed by atoms with Crippen molar-refractivity contribution in [1.82, 2.24) is 5.32 Å². The third-order valence-corrected chi connectivity index (χ3v) is 2.42. The van der Waals surface area contributed by atoms with Crippen molar-refractivity contribution >= 4 is 29.9 Å². The Balaban J connectivity index is 0.00000289. The fourth-order valence-electron chi connectivity index (χ4n) is 1.49. The van der Waals surface area contributed by atoms with E-state index >= 15 is 0 Å². The number of nitrogens with one attached hydrogen (secondary N) is 1. The van der Waals surface area contributed by atoms with Crippen molar-refractivity contribution in [2.45, 2.75) is 26.7 Å². The van der Waals surface area contributed by atoms with Gasteiger partial charge < -0.3 is 11.1 Å². The maximum absolute atomic E-state index is 5.74. The Kier molecular flexibility index (Phi) is 9.73. The first kappa shape index (κ1) is 17.2. The summed E-state index contributed by atoms with van der Waals surface area (Å²) in [5, 5.41) is 3.14. The van der Waals surface area contributed by atoms with Crippen molar-refractivity contribution in [2.24, 2.45) is 16.6 Å². The van der Waals surface area contributed by atoms with Gasteiger partial charge in [-0.3, -0.25) is 4.99 Å². The zero-order valence-corrected chi connectivity index (χ0v) is 13.6. The van der Waals surface area contributed by atoms with Crippen molar-refractivity contribution in [3.63, 3.8) is 0 Å². The summed E-state index contributed by atoms with van der Waals surface area (Å²) in [6.07, 6.45) is 2.15. The summed E-state index contributed by atoms with van der Waals surface area (Å²) in [6.45, 7) is 5.93. The molecular weight excluding hydrogens is 337 g/mol. The highest BCUT2D eigenvalue weighted by Gasteiger charge is 1.95. The number of hydrogen-bond acceptors (Lipinski definition) is 1. The molecule has 0 spiro atoms. The van der Waals surface area contributed by atoms with Crippen LogP contribution in [0.5, 0.6) is 0 Å². The van der Waals surface area contributed by atoms with Crippen LogP contribution in [-0.4, -0.2) is 19.0 Å². The summed E-state index contributed by atoms with van der Waals surface area (Å²) in [5.74, 6) is 1.12. The van der Waals surface area contributed by atoms with Gasteiger partial charge in [0.25, 0.3) is 0 Å². The average molecular weight is 361 g/mol. The van der Waals surface area contributed by atoms with Crippen molar-refractivity contribution in [3.8, 4) is 0 Å². The van der Waals surface area contributed by atoms with Gasteiger partial charge >= 0.3 is 0 Å². The van der Waals surface area contributed by atoms with Gasteiger partial charge in [-0.25, -0.2) is 0 Å². The lowest BCUT2D eigenvalue weighted by atomic mass is 10.1. The van der Waals surface area contributed by atoms with E-state index in [1.807, 2.05) is 6.07 Å². The molecule has 0 aliphatic rings. The molecule has 0 amide bonds. The lowest BCUT2D eigenvalue weighted by Crippen LogP contribution is -2.33. The van der Waals surface area contributed by atoms with Crippen molar-refractivity contribution in [1.29, 1.82) is 0 Å². The Labute approximate surface area is 127 Å². The van der Waals surface area contributed by atoms with E-state index in [0.29, 0.717) is 11.9 Å². The van der Waals surface area contributed by atoms with Crippen molar-refractivity contribution in [2.75, 3.05) is 13.1 Å². The number of benzene rings is 1. The fourth-order valence-corrected chi connectivity index (χ4v) is 1.49. The van der Waals surface area contributed by atoms with Gasteiger partial charge in [0, 0.05) is 13.1 Å². The Morgan fingerprint density at radius 3 is 2.56 bits per heavy atom. The monoisotopic (exact) mass is 361 g/mol. The van der Waals surface area contributed by atoms with Crippen LogP contribution in [0.1, 0.15) is 25.8 Å². The number of aliphatic imine (C=N–C) groups is 1. The Hall–Kier alpha value is -0.780. The average Bonchev–Trinajstić information content (AvgIpc) is 2.33. The van der Waals surface area contributed by atoms with Gasteiger partial charge in [-0.2, -0.15) is 0 Å². The number of nitrogens with zero attached hydrogens (tertiary/aromatic N) is 1. The molecule has 0 atom stereocenters. The highest BCUT2D eigenvalue weighted by atomic mass is 127. The van der Waals surface area contributed by atoms with E-state index < -0.39 is 0 Å². The third-order valence-electron chi connectivity index (χ3n) is 2.42. The Morgan fingerprint density at radius 2 is 1.94 bits per heavy atom. The highest BCUT2D eigenvalue weighted by molar-refractivity contribution is 14.0. The molecule has 0 bridgehead atoms. The van der Waals surface area contributed by atoms with E-state index in [4.69, 9.17) is 5.73 Å². The largest absolute Gasteiger partial charge is 0.370 e. The number of hydrogen-bond donors (Lipinski definition) is 2. The Morgan fingerprint density at radius 1 is 1.28 bits per heavy atom. The maximum Gasteiger partial charge on any atom is 0.188 e. The molecule has 4 heteroatoms. The quantitative estimate of drug-likeness (QED) is 0.354. The second-order valence-corrected chi connectivity index (χ2v) is 4.64. The molecule has 0 fully saturated rings. The highest BCUT2D eigenvalue weighted by Crippen LogP contribution is 2.01. The number of nitrogens with two attached hydrogens (primary N) is 1. The van der Waals surface area contributed by atoms with Gasteiger partial charge in [-0.15, -0.1) is 24.0 Å². The van der Waals surface area contributed by atoms with Crippen LogP contribution in [0.2, 0.25) is 0 Å². The molecule has 1 aromatic carbocycles. The predicted molar refractivity (Wildman–Crippen MR) is 89.5 cm³/mol. The predicted octanol–water partition coefficient (Wildman–Crippen LogP) is 2.80. The molecule has 0 saturated carbocycles. The van der Waals surface area contributed by atoms with Crippen LogP contribution in [-0.2, 0) is 6.42 Å². The smallest absolute Gasteiger partial charge is 0.188 e. The van der Waals surface area contributed by atoms with Crippen LogP contribution >= 0.6 is 24.0 Å². The second-order valence-electron chi connectivity index (χ2n) is 4.64. The van der Waals surface area contributed by atoms with Gasteiger partial charge in [0.15, 0.2) is 5.96 Å². The topological polar surface area (TPSA) is 50.4 Å². The van der Waals surface area contributed by atoms with E-state index in [-0.39, 0.29) is 24.0 Å². The summed E-state index contributed by atoms with van der Waals surface area (Å²) >= 11 is 0. The minimum absolute atomic E-state index is 0. The van der Waals surface area contributed by atoms with E-state index in [1.165, 1.54) is 5.56 Å². The summed E-state index contributed by atoms with van der Waals surface area (Å²) in [6, 6.07) is 10.5. The van der Waals surface area contributed by atoms with Gasteiger partial charge in [-0.05, 0) is 24.3 Å². The summed E-state index contributed by atoms with van der Waals surface area (Å²) in [5.41, 5.74) is 7.11. The molecule has 0 saturated heterocycles. The molecule has 0 aromatic heterocycles. The lowest BCUT2D eigenvalue weighted by molar-refractivity contribution is 0.659. The Bertz CT molecular complexity index is 336. The first-order chi connectivity index (χ1) is 8.18. The summed E-state index contributed by atoms with van der Waals surface area (Å²) in [7, 11) is 0. The van der Waals surface area contributed by atoms with E-state index in [9.17, 15) is 0 Å². The molecule has 0 unspecified atom stereocenters. The molecular formula is C14H24IN3. The van der Waals surface area contributed by atoms with Crippen LogP contribution in [0.25, 0.3) is 0 Å². The van der Waals surface area contributed by atoms with Crippen molar-refractivity contribution in [3.05, 3.63) is 35.9 Å². The molecule has 0 aliphatic heterocycles. The zero-order chi connectivity index (χ0) is 12.5. The molecule has 0 heterocycles. The molecule has 1 aromatic rings. The second kappa shape index (κ2) is 10.2. The number of guanidine groups is 1. The van der Waals surface area contributed by atoms with Gasteiger partial charge in [0.05, 0.1) is 0 Å². The van der Waals surface area contributed by atoms with Crippen LogP contribution in [0.4, 0.5) is 0 Å². The first-order valence-corrected chi connectivity index (χ1v) is 6.26. The number of aryl methyl sites for hydroxylation is 1. The van der Waals surface area contributed by atoms with Gasteiger partial charge in [-0.1, -0.05) is 44.2 Å². The summed E-state index contributed by atoms with van der Waals surface area (Å²) in [4.78, 5) is 4.25. The van der Waals surface area contributed by atoms with Gasteiger partial charge in [0.2, 0.25) is 0 Å². The van der Waals surface area contributed by atoms with E-state index in [2.05, 4.69) is 48.4 Å². The summed E-state index contributed by atoms with van der Waals surface area (Å²) < 4.78 is 0. The van der Waals surface area contributed by atoms with Crippen LogP contribution in [0.15, 0.2) is 35.3 Å². The molecule has 18 heavy (non-hydrogen) atoms. The van der Waals surface area contributed by atoms with Crippen molar-refractivity contribution < 1.29 is 0 Å². The van der Waals surface area contributed by atoms with Gasteiger partial charge in [0.1, 0.15) is 0 Å². The fraction of sp³-hybridized carbons (Fsp3) is 0.500. The minimum Gasteiger partial charge on any atom is -0.370 e. The number of rotatable bonds is 6. The van der Waals surface area contributed by atoms with E-state index in [0.717, 1.165) is 25.9 Å².